The fourth-order valence-corrected chi connectivity index (χ4v) is 4.10. The molecule has 130 valence electrons. The second kappa shape index (κ2) is 7.43. The zero-order valence-corrected chi connectivity index (χ0v) is 14.0. The topological polar surface area (TPSA) is 102 Å². The predicted molar refractivity (Wildman–Crippen MR) is 86.9 cm³/mol. The van der Waals surface area contributed by atoms with Crippen LogP contribution in [-0.2, 0) is 14.8 Å². The van der Waals surface area contributed by atoms with Gasteiger partial charge in [0.2, 0.25) is 10.0 Å². The number of hydrogen-bond acceptors (Lipinski definition) is 6. The van der Waals surface area contributed by atoms with Crippen LogP contribution in [-0.4, -0.2) is 64.1 Å². The van der Waals surface area contributed by atoms with Gasteiger partial charge in [0.15, 0.2) is 0 Å². The standard InChI is InChI=1S/C14H23FN4O3S/c1-22-8-7-18-3-2-4-19(6-5-18)23(20,21)14-10-13(17)12(16)9-11(14)15/h9-10H,2-8,16-17H2,1H3. The van der Waals surface area contributed by atoms with Crippen molar-refractivity contribution in [2.45, 2.75) is 11.3 Å². The fourth-order valence-electron chi connectivity index (χ4n) is 2.55. The van der Waals surface area contributed by atoms with Gasteiger partial charge in [0, 0.05) is 39.4 Å². The van der Waals surface area contributed by atoms with Gasteiger partial charge in [-0.1, -0.05) is 0 Å². The van der Waals surface area contributed by atoms with Gasteiger partial charge >= 0.3 is 0 Å². The number of sulfonamides is 1. The van der Waals surface area contributed by atoms with Gasteiger partial charge in [-0.3, -0.25) is 4.90 Å². The van der Waals surface area contributed by atoms with Crippen molar-refractivity contribution in [2.75, 3.05) is 57.9 Å². The van der Waals surface area contributed by atoms with Crippen LogP contribution >= 0.6 is 0 Å². The van der Waals surface area contributed by atoms with E-state index in [0.717, 1.165) is 25.2 Å². The van der Waals surface area contributed by atoms with E-state index in [1.165, 1.54) is 4.31 Å². The number of benzene rings is 1. The SMILES string of the molecule is COCCN1CCCN(S(=O)(=O)c2cc(N)c(N)cc2F)CC1. The Morgan fingerprint density at radius 1 is 1.17 bits per heavy atom. The molecular formula is C14H23FN4O3S. The first-order valence-corrected chi connectivity index (χ1v) is 8.86. The van der Waals surface area contributed by atoms with Crippen molar-refractivity contribution in [1.82, 2.24) is 9.21 Å². The quantitative estimate of drug-likeness (QED) is 0.745. The summed E-state index contributed by atoms with van der Waals surface area (Å²) >= 11 is 0. The summed E-state index contributed by atoms with van der Waals surface area (Å²) < 4.78 is 45.8. The second-order valence-corrected chi connectivity index (χ2v) is 7.41. The van der Waals surface area contributed by atoms with Crippen molar-refractivity contribution in [1.29, 1.82) is 0 Å². The number of anilines is 2. The van der Waals surface area contributed by atoms with E-state index in [9.17, 15) is 12.8 Å². The molecule has 0 unspecified atom stereocenters. The lowest BCUT2D eigenvalue weighted by molar-refractivity contribution is 0.151. The van der Waals surface area contributed by atoms with Crippen LogP contribution in [0.25, 0.3) is 0 Å². The molecule has 1 fully saturated rings. The van der Waals surface area contributed by atoms with E-state index in [-0.39, 0.29) is 11.4 Å². The molecule has 1 saturated heterocycles. The van der Waals surface area contributed by atoms with E-state index >= 15 is 0 Å². The highest BCUT2D eigenvalue weighted by molar-refractivity contribution is 7.89. The number of ether oxygens (including phenoxy) is 1. The average Bonchev–Trinajstić information content (AvgIpc) is 2.74. The van der Waals surface area contributed by atoms with Gasteiger partial charge in [0.05, 0.1) is 18.0 Å². The van der Waals surface area contributed by atoms with Crippen LogP contribution in [0.3, 0.4) is 0 Å². The summed E-state index contributed by atoms with van der Waals surface area (Å²) in [6, 6.07) is 2.04. The third kappa shape index (κ3) is 4.11. The monoisotopic (exact) mass is 346 g/mol. The molecule has 0 radical (unpaired) electrons. The summed E-state index contributed by atoms with van der Waals surface area (Å²) in [7, 11) is -2.31. The summed E-state index contributed by atoms with van der Waals surface area (Å²) in [6.07, 6.45) is 0.676. The zero-order chi connectivity index (χ0) is 17.0. The minimum absolute atomic E-state index is 0.0306. The molecule has 4 N–H and O–H groups in total. The first-order valence-electron chi connectivity index (χ1n) is 7.42. The molecule has 0 aliphatic carbocycles. The molecule has 0 aromatic heterocycles. The third-order valence-electron chi connectivity index (χ3n) is 3.91. The Morgan fingerprint density at radius 3 is 2.57 bits per heavy atom. The van der Waals surface area contributed by atoms with Crippen molar-refractivity contribution >= 4 is 21.4 Å². The highest BCUT2D eigenvalue weighted by Crippen LogP contribution is 2.26. The normalized spacial score (nSPS) is 18.0. The number of methoxy groups -OCH3 is 1. The van der Waals surface area contributed by atoms with Gasteiger partial charge in [-0.05, 0) is 19.0 Å². The van der Waals surface area contributed by atoms with Gasteiger partial charge in [0.25, 0.3) is 0 Å². The van der Waals surface area contributed by atoms with Gasteiger partial charge in [0.1, 0.15) is 10.7 Å². The molecule has 0 saturated carbocycles. The molecule has 0 bridgehead atoms. The van der Waals surface area contributed by atoms with E-state index in [1.807, 2.05) is 0 Å². The lowest BCUT2D eigenvalue weighted by Crippen LogP contribution is -2.36. The first-order chi connectivity index (χ1) is 10.9. The summed E-state index contributed by atoms with van der Waals surface area (Å²) in [5.74, 6) is -0.878. The van der Waals surface area contributed by atoms with Crippen molar-refractivity contribution in [2.24, 2.45) is 0 Å². The molecule has 0 atom stereocenters. The molecule has 1 aliphatic rings. The number of nitrogens with two attached hydrogens (primary N) is 2. The molecule has 0 amide bonds. The molecule has 1 heterocycles. The number of nitrogen functional groups attached to an aromatic ring is 2. The third-order valence-corrected chi connectivity index (χ3v) is 5.83. The summed E-state index contributed by atoms with van der Waals surface area (Å²) in [5.41, 5.74) is 11.2. The van der Waals surface area contributed by atoms with E-state index in [1.54, 1.807) is 7.11 Å². The zero-order valence-electron chi connectivity index (χ0n) is 13.2. The van der Waals surface area contributed by atoms with E-state index in [0.29, 0.717) is 32.7 Å². The number of halogens is 1. The minimum Gasteiger partial charge on any atom is -0.397 e. The fraction of sp³-hybridized carbons (Fsp3) is 0.571. The minimum atomic E-state index is -3.93. The van der Waals surface area contributed by atoms with Gasteiger partial charge in [-0.25, -0.2) is 12.8 Å². The predicted octanol–water partition coefficient (Wildman–Crippen LogP) is 0.333. The van der Waals surface area contributed by atoms with Crippen LogP contribution in [0.15, 0.2) is 17.0 Å². The molecule has 1 aromatic rings. The van der Waals surface area contributed by atoms with E-state index < -0.39 is 20.7 Å². The lowest BCUT2D eigenvalue weighted by atomic mass is 10.3. The molecule has 9 heteroatoms. The Morgan fingerprint density at radius 2 is 1.87 bits per heavy atom. The maximum Gasteiger partial charge on any atom is 0.246 e. The Balaban J connectivity index is 2.18. The summed E-state index contributed by atoms with van der Waals surface area (Å²) in [5, 5.41) is 0. The van der Waals surface area contributed by atoms with Crippen LogP contribution in [0, 0.1) is 5.82 Å². The summed E-state index contributed by atoms with van der Waals surface area (Å²) in [4.78, 5) is 1.71. The van der Waals surface area contributed by atoms with Gasteiger partial charge in [-0.15, -0.1) is 0 Å². The highest BCUT2D eigenvalue weighted by atomic mass is 32.2. The van der Waals surface area contributed by atoms with Crippen LogP contribution in [0.4, 0.5) is 15.8 Å². The summed E-state index contributed by atoms with van der Waals surface area (Å²) in [6.45, 7) is 3.34. The van der Waals surface area contributed by atoms with Gasteiger partial charge in [-0.2, -0.15) is 4.31 Å². The second-order valence-electron chi connectivity index (χ2n) is 5.50. The van der Waals surface area contributed by atoms with Crippen molar-refractivity contribution in [3.05, 3.63) is 17.9 Å². The van der Waals surface area contributed by atoms with Gasteiger partial charge < -0.3 is 16.2 Å². The number of nitrogens with zero attached hydrogens (tertiary/aromatic N) is 2. The molecule has 0 spiro atoms. The number of hydrogen-bond donors (Lipinski definition) is 2. The van der Waals surface area contributed by atoms with Crippen molar-refractivity contribution in [3.8, 4) is 0 Å². The smallest absolute Gasteiger partial charge is 0.246 e. The Kier molecular flexibility index (Phi) is 5.79. The molecular weight excluding hydrogens is 323 g/mol. The van der Waals surface area contributed by atoms with Crippen LogP contribution in [0.5, 0.6) is 0 Å². The first kappa shape index (κ1) is 17.9. The Labute approximate surface area is 136 Å². The maximum atomic E-state index is 14.1. The van der Waals surface area contributed by atoms with Crippen LogP contribution < -0.4 is 11.5 Å². The Hall–Kier alpha value is -1.42. The van der Waals surface area contributed by atoms with Crippen LogP contribution in [0.2, 0.25) is 0 Å². The van der Waals surface area contributed by atoms with Crippen molar-refractivity contribution < 1.29 is 17.5 Å². The molecule has 2 rings (SSSR count). The highest BCUT2D eigenvalue weighted by Gasteiger charge is 2.29. The van der Waals surface area contributed by atoms with E-state index in [4.69, 9.17) is 16.2 Å². The largest absolute Gasteiger partial charge is 0.397 e. The molecule has 1 aliphatic heterocycles. The Bertz CT molecular complexity index is 654. The molecule has 7 nitrogen and oxygen atoms in total. The maximum absolute atomic E-state index is 14.1. The molecule has 23 heavy (non-hydrogen) atoms. The average molecular weight is 346 g/mol. The lowest BCUT2D eigenvalue weighted by Gasteiger charge is -2.22. The van der Waals surface area contributed by atoms with Crippen molar-refractivity contribution in [3.63, 3.8) is 0 Å². The van der Waals surface area contributed by atoms with E-state index in [2.05, 4.69) is 4.90 Å². The number of rotatable bonds is 5. The van der Waals surface area contributed by atoms with Crippen LogP contribution in [0.1, 0.15) is 6.42 Å². The molecule has 1 aromatic carbocycles.